The first-order chi connectivity index (χ1) is 13.1. The van der Waals surface area contributed by atoms with Crippen LogP contribution in [0.3, 0.4) is 0 Å². The third-order valence-corrected chi connectivity index (χ3v) is 9.41. The van der Waals surface area contributed by atoms with Crippen LogP contribution >= 0.6 is 0 Å². The topological polar surface area (TPSA) is 55.8 Å². The van der Waals surface area contributed by atoms with E-state index in [0.717, 1.165) is 19.1 Å². The smallest absolute Gasteiger partial charge is 0.163 e. The third-order valence-electron chi connectivity index (χ3n) is 9.41. The second-order valence-corrected chi connectivity index (χ2v) is 11.0. The van der Waals surface area contributed by atoms with Gasteiger partial charge in [-0.1, -0.05) is 26.0 Å². The molecule has 154 valence electrons. The maximum atomic E-state index is 12.7. The van der Waals surface area contributed by atoms with Gasteiger partial charge in [-0.3, -0.25) is 4.79 Å². The molecule has 0 aromatic rings. The minimum atomic E-state index is -0.606. The molecule has 0 radical (unpaired) electrons. The summed E-state index contributed by atoms with van der Waals surface area (Å²) < 4.78 is 13.0. The maximum Gasteiger partial charge on any atom is 0.163 e. The lowest BCUT2D eigenvalue weighted by Gasteiger charge is -2.62. The van der Waals surface area contributed by atoms with Crippen molar-refractivity contribution in [2.45, 2.75) is 84.2 Å². The van der Waals surface area contributed by atoms with Gasteiger partial charge in [-0.15, -0.1) is 0 Å². The van der Waals surface area contributed by atoms with Crippen LogP contribution < -0.4 is 0 Å². The van der Waals surface area contributed by atoms with Gasteiger partial charge in [0.1, 0.15) is 0 Å². The molecule has 4 aliphatic carbocycles. The first-order valence-electron chi connectivity index (χ1n) is 11.0. The Morgan fingerprint density at radius 1 is 1.07 bits per heavy atom. The normalized spacial score (nSPS) is 53.5. The summed E-state index contributed by atoms with van der Waals surface area (Å²) >= 11 is 0. The van der Waals surface area contributed by atoms with E-state index in [1.54, 1.807) is 0 Å². The highest BCUT2D eigenvalue weighted by molar-refractivity contribution is 5.96. The molecular weight excluding hydrogens is 352 g/mol. The zero-order valence-electron chi connectivity index (χ0n) is 17.7. The molecule has 1 unspecified atom stereocenters. The summed E-state index contributed by atoms with van der Waals surface area (Å²) in [6.07, 6.45) is 6.82. The summed E-state index contributed by atoms with van der Waals surface area (Å²) in [5, 5.41) is 9.71. The number of ether oxygens (including phenoxy) is 2. The Labute approximate surface area is 168 Å². The van der Waals surface area contributed by atoms with Gasteiger partial charge in [0.2, 0.25) is 0 Å². The van der Waals surface area contributed by atoms with E-state index in [-0.39, 0.29) is 34.7 Å². The monoisotopic (exact) mass is 386 g/mol. The third kappa shape index (κ3) is 2.28. The van der Waals surface area contributed by atoms with Gasteiger partial charge in [-0.05, 0) is 74.5 Å². The number of carbonyl (C=O) groups is 1. The van der Waals surface area contributed by atoms with Crippen molar-refractivity contribution in [2.75, 3.05) is 0 Å². The van der Waals surface area contributed by atoms with Gasteiger partial charge in [-0.25, -0.2) is 0 Å². The van der Waals surface area contributed by atoms with Crippen molar-refractivity contribution in [3.8, 4) is 0 Å². The van der Waals surface area contributed by atoms with Crippen molar-refractivity contribution in [1.82, 2.24) is 0 Å². The summed E-state index contributed by atoms with van der Waals surface area (Å²) in [6, 6.07) is 0. The first kappa shape index (κ1) is 18.9. The van der Waals surface area contributed by atoms with Crippen LogP contribution in [0.5, 0.6) is 0 Å². The molecule has 28 heavy (non-hydrogen) atoms. The number of rotatable bonds is 0. The Hall–Kier alpha value is -1.13. The van der Waals surface area contributed by atoms with Crippen molar-refractivity contribution in [1.29, 1.82) is 0 Å². The molecule has 5 rings (SSSR count). The Balaban J connectivity index is 1.62. The number of aliphatic hydroxyl groups is 1. The summed E-state index contributed by atoms with van der Waals surface area (Å²) in [5.41, 5.74) is 2.17. The molecule has 0 aromatic heterocycles. The van der Waals surface area contributed by atoms with E-state index in [1.165, 1.54) is 18.4 Å². The van der Waals surface area contributed by atoms with Crippen molar-refractivity contribution in [3.63, 3.8) is 0 Å². The Morgan fingerprint density at radius 2 is 1.79 bits per heavy atom. The highest BCUT2D eigenvalue weighted by Crippen LogP contribution is 2.69. The van der Waals surface area contributed by atoms with Crippen LogP contribution in [0.15, 0.2) is 24.0 Å². The van der Waals surface area contributed by atoms with E-state index in [4.69, 9.17) is 9.47 Å². The molecule has 4 nitrogen and oxygen atoms in total. The zero-order chi connectivity index (χ0) is 20.1. The van der Waals surface area contributed by atoms with Crippen LogP contribution in [-0.2, 0) is 14.3 Å². The van der Waals surface area contributed by atoms with E-state index in [1.807, 2.05) is 13.8 Å². The summed E-state index contributed by atoms with van der Waals surface area (Å²) in [5.74, 6) is 1.12. The first-order valence-corrected chi connectivity index (χ1v) is 11.0. The maximum absolute atomic E-state index is 12.7. The summed E-state index contributed by atoms with van der Waals surface area (Å²) in [7, 11) is 0. The second-order valence-electron chi connectivity index (χ2n) is 11.0. The van der Waals surface area contributed by atoms with Crippen LogP contribution in [0.25, 0.3) is 0 Å². The number of carbonyl (C=O) groups excluding carboxylic acids is 1. The zero-order valence-corrected chi connectivity index (χ0v) is 17.7. The van der Waals surface area contributed by atoms with E-state index < -0.39 is 5.79 Å². The van der Waals surface area contributed by atoms with Crippen LogP contribution in [0.4, 0.5) is 0 Å². The fourth-order valence-corrected chi connectivity index (χ4v) is 7.98. The molecule has 1 N–H and O–H groups in total. The molecule has 8 atom stereocenters. The van der Waals surface area contributed by atoms with Crippen molar-refractivity contribution in [3.05, 3.63) is 24.0 Å². The summed E-state index contributed by atoms with van der Waals surface area (Å²) in [6.45, 7) is 13.2. The Morgan fingerprint density at radius 3 is 2.50 bits per heavy atom. The lowest BCUT2D eigenvalue weighted by Crippen LogP contribution is -2.63. The molecule has 5 fully saturated rings. The largest absolute Gasteiger partial charge is 0.515 e. The van der Waals surface area contributed by atoms with Crippen LogP contribution in [0, 0.1) is 34.5 Å². The Kier molecular flexibility index (Phi) is 3.86. The lowest BCUT2D eigenvalue weighted by atomic mass is 9.43. The van der Waals surface area contributed by atoms with Gasteiger partial charge in [0.05, 0.1) is 18.5 Å². The standard InChI is InChI=1S/C24H34O4/c1-13-6-7-15-19-16(8-9-23(13,15)4)24(5)11-14(12-25)18(26)10-17(24)20-21(19)28-22(2,3)27-20/h12,15-17,19-21,25H,1,6-11H2,2-5H3/t15-,16-,17+,19?,20+,21+,23+,24+/m0/s1. The number of hydrogen-bond donors (Lipinski definition) is 1. The molecule has 5 aliphatic rings. The van der Waals surface area contributed by atoms with E-state index in [0.29, 0.717) is 36.2 Å². The van der Waals surface area contributed by atoms with E-state index in [2.05, 4.69) is 20.4 Å². The molecule has 0 aromatic carbocycles. The van der Waals surface area contributed by atoms with Crippen molar-refractivity contribution >= 4 is 5.78 Å². The second kappa shape index (κ2) is 5.72. The molecule has 1 aliphatic heterocycles. The van der Waals surface area contributed by atoms with E-state index in [9.17, 15) is 9.90 Å². The molecule has 1 heterocycles. The average Bonchev–Trinajstić information content (AvgIpc) is 3.11. The predicted octanol–water partition coefficient (Wildman–Crippen LogP) is 4.95. The number of allylic oxidation sites excluding steroid dienone is 2. The molecule has 0 spiro atoms. The Bertz CT molecular complexity index is 767. The van der Waals surface area contributed by atoms with Crippen molar-refractivity contribution in [2.24, 2.45) is 34.5 Å². The predicted molar refractivity (Wildman–Crippen MR) is 107 cm³/mol. The molecule has 4 saturated carbocycles. The molecule has 1 saturated heterocycles. The number of ketones is 1. The fraction of sp³-hybridized carbons (Fsp3) is 0.792. The van der Waals surface area contributed by atoms with Crippen LogP contribution in [0.2, 0.25) is 0 Å². The number of Topliss-reactive ketones (excluding diaryl/α,β-unsaturated/α-hetero) is 1. The van der Waals surface area contributed by atoms with Gasteiger partial charge >= 0.3 is 0 Å². The lowest BCUT2D eigenvalue weighted by molar-refractivity contribution is -0.169. The molecule has 4 heteroatoms. The van der Waals surface area contributed by atoms with Crippen LogP contribution in [0.1, 0.15) is 66.2 Å². The fourth-order valence-electron chi connectivity index (χ4n) is 7.98. The molecule has 0 bridgehead atoms. The molecular formula is C24H34O4. The number of hydrogen-bond acceptors (Lipinski definition) is 4. The minimum Gasteiger partial charge on any atom is -0.515 e. The highest BCUT2D eigenvalue weighted by Gasteiger charge is 2.68. The highest BCUT2D eigenvalue weighted by atomic mass is 16.8. The van der Waals surface area contributed by atoms with Crippen LogP contribution in [-0.4, -0.2) is 28.9 Å². The van der Waals surface area contributed by atoms with Gasteiger partial charge in [0, 0.05) is 17.9 Å². The quantitative estimate of drug-likeness (QED) is 0.364. The van der Waals surface area contributed by atoms with Gasteiger partial charge in [0.15, 0.2) is 11.6 Å². The summed E-state index contributed by atoms with van der Waals surface area (Å²) in [4.78, 5) is 12.7. The average molecular weight is 387 g/mol. The van der Waals surface area contributed by atoms with Crippen molar-refractivity contribution < 1.29 is 19.4 Å². The number of aliphatic hydroxyl groups excluding tert-OH is 1. The van der Waals surface area contributed by atoms with Gasteiger partial charge in [0.25, 0.3) is 0 Å². The van der Waals surface area contributed by atoms with Gasteiger partial charge < -0.3 is 14.6 Å². The van der Waals surface area contributed by atoms with E-state index >= 15 is 0 Å². The minimum absolute atomic E-state index is 0.0384. The number of fused-ring (bicyclic) bond motifs is 8. The molecule has 0 amide bonds. The SMILES string of the molecule is C=C1CC[C@H]2C3[C@H]4OC(C)(C)O[C@@H]4[C@H]4CC(=O)C(=CO)C[C@]4(C)[C@H]3CC[C@]12C. The van der Waals surface area contributed by atoms with Gasteiger partial charge in [-0.2, -0.15) is 0 Å².